The Balaban J connectivity index is 1.30. The van der Waals surface area contributed by atoms with Gasteiger partial charge in [0.2, 0.25) is 5.91 Å². The van der Waals surface area contributed by atoms with Gasteiger partial charge in [-0.1, -0.05) is 72.4 Å². The number of esters is 2. The highest BCUT2D eigenvalue weighted by Crippen LogP contribution is 2.44. The summed E-state index contributed by atoms with van der Waals surface area (Å²) in [5.74, 6) is -0.390. The summed E-state index contributed by atoms with van der Waals surface area (Å²) in [7, 11) is 0. The van der Waals surface area contributed by atoms with Crippen LogP contribution in [0.3, 0.4) is 0 Å². The van der Waals surface area contributed by atoms with Crippen molar-refractivity contribution in [2.45, 2.75) is 75.5 Å². The smallest absolute Gasteiger partial charge is 0.340 e. The number of rotatable bonds is 11. The van der Waals surface area contributed by atoms with E-state index in [4.69, 9.17) is 9.47 Å². The monoisotopic (exact) mass is 653 g/mol. The van der Waals surface area contributed by atoms with E-state index >= 15 is 0 Å². The van der Waals surface area contributed by atoms with E-state index in [-0.39, 0.29) is 31.3 Å². The van der Waals surface area contributed by atoms with Crippen molar-refractivity contribution in [2.24, 2.45) is 10.9 Å². The Labute approximate surface area is 281 Å². The number of thioether (sulfide) groups is 1. The largest absolute Gasteiger partial charge is 0.462 e. The Kier molecular flexibility index (Phi) is 11.0. The minimum Gasteiger partial charge on any atom is -0.462 e. The number of benzene rings is 2. The Morgan fingerprint density at radius 1 is 0.957 bits per heavy atom. The molecule has 3 heterocycles. The molecule has 2 aliphatic rings. The van der Waals surface area contributed by atoms with E-state index in [9.17, 15) is 14.4 Å². The van der Waals surface area contributed by atoms with Gasteiger partial charge in [0, 0.05) is 42.7 Å². The van der Waals surface area contributed by atoms with Crippen molar-refractivity contribution in [1.82, 2.24) is 9.88 Å². The van der Waals surface area contributed by atoms with Crippen molar-refractivity contribution in [1.29, 1.82) is 0 Å². The maximum absolute atomic E-state index is 13.9. The van der Waals surface area contributed by atoms with Crippen molar-refractivity contribution < 1.29 is 23.9 Å². The van der Waals surface area contributed by atoms with Crippen LogP contribution in [0.1, 0.15) is 80.8 Å². The van der Waals surface area contributed by atoms with Crippen molar-refractivity contribution in [3.63, 3.8) is 0 Å². The number of hydrogen-bond acceptors (Lipinski definition) is 8. The maximum atomic E-state index is 13.9. The number of likely N-dealkylation sites (tertiary alicyclic amines) is 1. The van der Waals surface area contributed by atoms with Gasteiger partial charge in [0.05, 0.1) is 12.2 Å². The summed E-state index contributed by atoms with van der Waals surface area (Å²) in [5.41, 5.74) is 0.684. The van der Waals surface area contributed by atoms with Crippen molar-refractivity contribution >= 4 is 35.8 Å². The molecule has 1 aromatic heterocycles. The third kappa shape index (κ3) is 8.19. The quantitative estimate of drug-likeness (QED) is 0.201. The number of aromatic nitrogens is 1. The van der Waals surface area contributed by atoms with Gasteiger partial charge in [-0.3, -0.25) is 9.79 Å². The van der Waals surface area contributed by atoms with E-state index in [1.165, 1.54) is 22.9 Å². The number of allylic oxidation sites excluding steroid dienone is 1. The van der Waals surface area contributed by atoms with Crippen molar-refractivity contribution in [2.75, 3.05) is 19.7 Å². The maximum Gasteiger partial charge on any atom is 0.340 e. The summed E-state index contributed by atoms with van der Waals surface area (Å²) in [6, 6.07) is 24.5. The first-order valence-corrected chi connectivity index (χ1v) is 17.1. The van der Waals surface area contributed by atoms with Gasteiger partial charge >= 0.3 is 11.9 Å². The molecule has 0 bridgehead atoms. The lowest BCUT2D eigenvalue weighted by Crippen LogP contribution is -2.44. The van der Waals surface area contributed by atoms with Crippen LogP contribution in [0.5, 0.6) is 0 Å². The predicted molar refractivity (Wildman–Crippen MR) is 184 cm³/mol. The molecule has 8 nitrogen and oxygen atoms in total. The number of carbonyl (C=O) groups is 3. The molecule has 0 N–H and O–H groups in total. The molecule has 5 rings (SSSR count). The first kappa shape index (κ1) is 34.1. The molecule has 3 aromatic rings. The first-order valence-electron chi connectivity index (χ1n) is 16.3. The highest BCUT2D eigenvalue weighted by atomic mass is 32.2. The average molecular weight is 654 g/mol. The van der Waals surface area contributed by atoms with Gasteiger partial charge in [0.15, 0.2) is 5.54 Å². The molecule has 9 heteroatoms. The van der Waals surface area contributed by atoms with E-state index in [0.29, 0.717) is 34.5 Å². The summed E-state index contributed by atoms with van der Waals surface area (Å²) in [6.07, 6.45) is 6.91. The molecule has 0 saturated carbocycles. The molecule has 1 amide bonds. The Bertz CT molecular complexity index is 1570. The summed E-state index contributed by atoms with van der Waals surface area (Å²) in [5, 5.41) is 0.399. The third-order valence-corrected chi connectivity index (χ3v) is 9.73. The second kappa shape index (κ2) is 15.1. The molecule has 1 fully saturated rings. The van der Waals surface area contributed by atoms with Gasteiger partial charge in [-0.25, -0.2) is 14.6 Å². The van der Waals surface area contributed by atoms with Crippen molar-refractivity contribution in [3.8, 4) is 0 Å². The highest BCUT2D eigenvalue weighted by molar-refractivity contribution is 8.03. The molecule has 1 unspecified atom stereocenters. The number of piperidine rings is 1. The summed E-state index contributed by atoms with van der Waals surface area (Å²) in [4.78, 5) is 51.8. The molecule has 2 aromatic carbocycles. The van der Waals surface area contributed by atoms with Crippen LogP contribution in [0.25, 0.3) is 0 Å². The Morgan fingerprint density at radius 2 is 1.60 bits per heavy atom. The second-order valence-electron chi connectivity index (χ2n) is 12.9. The standard InChI is InChI=1S/C38H43N3O5S/c1-5-45-35(43)30-17-12-23-39-34(30)47-31-19-24-40-38(31,36(44)46-37(2,3)4)22-18-32(42)41-25-20-29(21-26-41)33(27-13-8-6-9-14-27)28-15-10-7-11-16-28/h6-17,19,23-24,29,33H,5,18,20-22,25-26H2,1-4H3. The molecule has 1 saturated heterocycles. The number of nitrogens with zero attached hydrogens (tertiary/aromatic N) is 3. The zero-order valence-electron chi connectivity index (χ0n) is 27.6. The number of hydrogen-bond donors (Lipinski definition) is 0. The fourth-order valence-electron chi connectivity index (χ4n) is 6.28. The molecule has 0 aliphatic carbocycles. The van der Waals surface area contributed by atoms with Gasteiger partial charge in [-0.05, 0) is 82.2 Å². The first-order chi connectivity index (χ1) is 22.6. The van der Waals surface area contributed by atoms with E-state index in [1.54, 1.807) is 58.3 Å². The highest BCUT2D eigenvalue weighted by Gasteiger charge is 2.48. The predicted octanol–water partition coefficient (Wildman–Crippen LogP) is 7.25. The Hall–Kier alpha value is -4.24. The molecule has 2 aliphatic heterocycles. The van der Waals surface area contributed by atoms with Crippen molar-refractivity contribution in [3.05, 3.63) is 107 Å². The molecule has 0 spiro atoms. The molecule has 0 radical (unpaired) electrons. The zero-order valence-corrected chi connectivity index (χ0v) is 28.4. The van der Waals surface area contributed by atoms with E-state index in [1.807, 2.05) is 17.0 Å². The van der Waals surface area contributed by atoms with Gasteiger partial charge in [-0.2, -0.15) is 0 Å². The average Bonchev–Trinajstić information content (AvgIpc) is 3.48. The van der Waals surface area contributed by atoms with Crippen LogP contribution in [0.2, 0.25) is 0 Å². The zero-order chi connectivity index (χ0) is 33.4. The minimum atomic E-state index is -1.43. The molecular weight excluding hydrogens is 611 g/mol. The van der Waals surface area contributed by atoms with Crippen LogP contribution in [0.4, 0.5) is 0 Å². The summed E-state index contributed by atoms with van der Waals surface area (Å²) < 4.78 is 11.1. The van der Waals surface area contributed by atoms with Crippen LogP contribution in [-0.4, -0.2) is 64.8 Å². The van der Waals surface area contributed by atoms with Gasteiger partial charge in [0.1, 0.15) is 10.6 Å². The van der Waals surface area contributed by atoms with Gasteiger partial charge in [0.25, 0.3) is 0 Å². The van der Waals surface area contributed by atoms with Crippen LogP contribution in [0.15, 0.2) is 100.0 Å². The minimum absolute atomic E-state index is 0.0149. The SMILES string of the molecule is CCOC(=O)c1cccnc1SC1=CC=NC1(CCC(=O)N1CCC(C(c2ccccc2)c2ccccc2)CC1)C(=O)OC(C)(C)C. The van der Waals surface area contributed by atoms with Gasteiger partial charge < -0.3 is 14.4 Å². The van der Waals surface area contributed by atoms with Crippen LogP contribution in [-0.2, 0) is 19.1 Å². The lowest BCUT2D eigenvalue weighted by Gasteiger charge is -2.37. The van der Waals surface area contributed by atoms with Crippen LogP contribution in [0, 0.1) is 5.92 Å². The van der Waals surface area contributed by atoms with E-state index in [2.05, 4.69) is 58.5 Å². The van der Waals surface area contributed by atoms with Crippen LogP contribution < -0.4 is 0 Å². The van der Waals surface area contributed by atoms with E-state index < -0.39 is 23.1 Å². The van der Waals surface area contributed by atoms with Gasteiger partial charge in [-0.15, -0.1) is 0 Å². The number of carbonyl (C=O) groups excluding carboxylic acids is 3. The number of pyridine rings is 1. The Morgan fingerprint density at radius 3 is 2.19 bits per heavy atom. The number of ether oxygens (including phenoxy) is 2. The van der Waals surface area contributed by atoms with E-state index in [0.717, 1.165) is 12.8 Å². The summed E-state index contributed by atoms with van der Waals surface area (Å²) in [6.45, 7) is 8.68. The fraction of sp³-hybridized carbons (Fsp3) is 0.395. The second-order valence-corrected chi connectivity index (χ2v) is 13.9. The third-order valence-electron chi connectivity index (χ3n) is 8.52. The van der Waals surface area contributed by atoms with Crippen LogP contribution >= 0.6 is 11.8 Å². The topological polar surface area (TPSA) is 98.2 Å². The lowest BCUT2D eigenvalue weighted by atomic mass is 9.76. The molecule has 246 valence electrons. The number of aliphatic imine (C=N–C) groups is 1. The normalized spacial score (nSPS) is 18.2. The lowest BCUT2D eigenvalue weighted by molar-refractivity contribution is -0.159. The molecule has 47 heavy (non-hydrogen) atoms. The molecular formula is C38H43N3O5S. The summed E-state index contributed by atoms with van der Waals surface area (Å²) >= 11 is 1.18. The number of amides is 1. The molecule has 1 atom stereocenters. The fourth-order valence-corrected chi connectivity index (χ4v) is 7.40.